The summed E-state index contributed by atoms with van der Waals surface area (Å²) in [5, 5.41) is 7.12. The molecular weight excluding hydrogens is 777 g/mol. The van der Waals surface area contributed by atoms with Crippen LogP contribution in [0.3, 0.4) is 0 Å². The minimum atomic E-state index is -2.23. The second-order valence-corrected chi connectivity index (χ2v) is 18.1. The van der Waals surface area contributed by atoms with Crippen LogP contribution in [0.1, 0.15) is 30.4 Å². The molecule has 6 heteroatoms. The predicted octanol–water partition coefficient (Wildman–Crippen LogP) is 15.6. The van der Waals surface area contributed by atoms with Crippen molar-refractivity contribution in [2.75, 3.05) is 0 Å². The lowest BCUT2D eigenvalue weighted by Crippen LogP contribution is -2.21. The smallest absolute Gasteiger partial charge is 0.164 e. The Labute approximate surface area is 366 Å². The Balaban J connectivity index is 0.985. The van der Waals surface area contributed by atoms with Crippen molar-refractivity contribution in [1.82, 2.24) is 19.5 Å². The van der Waals surface area contributed by atoms with Crippen molar-refractivity contribution in [2.45, 2.75) is 33.2 Å². The zero-order chi connectivity index (χ0) is 44.2. The summed E-state index contributed by atoms with van der Waals surface area (Å²) in [6, 6.07) is 58.0. The molecule has 0 unspecified atom stereocenters. The maximum atomic E-state index is 7.96. The van der Waals surface area contributed by atoms with E-state index in [4.69, 9.17) is 23.5 Å². The third-order valence-corrected chi connectivity index (χ3v) is 13.1. The first-order valence-corrected chi connectivity index (χ1v) is 21.7. The SMILES string of the molecule is [2H]C([2H])([2H])c1ccc(-c2nc(-c3cccc(-c4ccc5oc6ccc7sc8ccccc8c7c6c5c4)c3)nc(-c3cccc(-c4ccc5c6ccccc6n(C(C)(C)C)c5c4)c3)n2)cc1. The maximum Gasteiger partial charge on any atom is 0.164 e. The van der Waals surface area contributed by atoms with Gasteiger partial charge < -0.3 is 8.98 Å². The Morgan fingerprint density at radius 1 is 0.452 bits per heavy atom. The summed E-state index contributed by atoms with van der Waals surface area (Å²) >= 11 is 1.80. The van der Waals surface area contributed by atoms with Gasteiger partial charge in [0, 0.05) is 73.6 Å². The third kappa shape index (κ3) is 5.93. The van der Waals surface area contributed by atoms with Crippen molar-refractivity contribution >= 4 is 75.3 Å². The molecular formula is C56H40N4OS. The number of thiophene rings is 1. The van der Waals surface area contributed by atoms with Crippen molar-refractivity contribution in [3.63, 3.8) is 0 Å². The molecule has 0 saturated carbocycles. The van der Waals surface area contributed by atoms with E-state index in [2.05, 4.69) is 147 Å². The highest BCUT2D eigenvalue weighted by atomic mass is 32.1. The van der Waals surface area contributed by atoms with Gasteiger partial charge in [0.25, 0.3) is 0 Å². The number of fused-ring (bicyclic) bond motifs is 10. The van der Waals surface area contributed by atoms with Crippen LogP contribution in [0.5, 0.6) is 0 Å². The molecule has 0 aliphatic heterocycles. The lowest BCUT2D eigenvalue weighted by Gasteiger charge is -2.24. The summed E-state index contributed by atoms with van der Waals surface area (Å²) in [4.78, 5) is 15.3. The van der Waals surface area contributed by atoms with Gasteiger partial charge in [0.15, 0.2) is 17.5 Å². The highest BCUT2D eigenvalue weighted by molar-refractivity contribution is 7.26. The van der Waals surface area contributed by atoms with Crippen LogP contribution in [0.4, 0.5) is 0 Å². The van der Waals surface area contributed by atoms with Gasteiger partial charge in [0.2, 0.25) is 0 Å². The molecule has 0 N–H and O–H groups in total. The first-order chi connectivity index (χ1) is 31.4. The van der Waals surface area contributed by atoms with Crippen LogP contribution in [0.2, 0.25) is 0 Å². The fraction of sp³-hybridized carbons (Fsp3) is 0.0893. The highest BCUT2D eigenvalue weighted by Gasteiger charge is 2.22. The molecule has 0 aliphatic rings. The quantitative estimate of drug-likeness (QED) is 0.174. The lowest BCUT2D eigenvalue weighted by atomic mass is 9.99. The zero-order valence-electron chi connectivity index (χ0n) is 37.3. The fourth-order valence-corrected chi connectivity index (χ4v) is 10.3. The van der Waals surface area contributed by atoms with E-state index in [9.17, 15) is 0 Å². The van der Waals surface area contributed by atoms with E-state index in [-0.39, 0.29) is 11.1 Å². The number of furan rings is 1. The minimum absolute atomic E-state index is 0.134. The van der Waals surface area contributed by atoms with Gasteiger partial charge in [0.05, 0.1) is 5.52 Å². The lowest BCUT2D eigenvalue weighted by molar-refractivity contribution is 0.423. The van der Waals surface area contributed by atoms with Gasteiger partial charge >= 0.3 is 0 Å². The Kier molecular flexibility index (Phi) is 7.42. The Morgan fingerprint density at radius 2 is 1.03 bits per heavy atom. The largest absolute Gasteiger partial charge is 0.456 e. The summed E-state index contributed by atoms with van der Waals surface area (Å²) in [5.41, 5.74) is 10.8. The topological polar surface area (TPSA) is 56.7 Å². The number of benzene rings is 8. The third-order valence-electron chi connectivity index (χ3n) is 12.0. The van der Waals surface area contributed by atoms with Gasteiger partial charge in [-0.15, -0.1) is 11.3 Å². The molecule has 0 bridgehead atoms. The molecule has 0 saturated heterocycles. The van der Waals surface area contributed by atoms with Gasteiger partial charge in [-0.05, 0) is 104 Å². The summed E-state index contributed by atoms with van der Waals surface area (Å²) in [6.07, 6.45) is 0. The second kappa shape index (κ2) is 13.8. The van der Waals surface area contributed by atoms with Crippen LogP contribution in [-0.2, 0) is 5.54 Å². The average molecular weight is 820 g/mol. The van der Waals surface area contributed by atoms with Crippen molar-refractivity contribution in [1.29, 1.82) is 0 Å². The highest BCUT2D eigenvalue weighted by Crippen LogP contribution is 2.44. The van der Waals surface area contributed by atoms with Crippen molar-refractivity contribution in [3.05, 3.63) is 175 Å². The Hall–Kier alpha value is -7.41. The molecule has 12 rings (SSSR count). The monoisotopic (exact) mass is 819 g/mol. The minimum Gasteiger partial charge on any atom is -0.456 e. The van der Waals surface area contributed by atoms with E-state index >= 15 is 0 Å². The van der Waals surface area contributed by atoms with E-state index in [0.29, 0.717) is 23.0 Å². The predicted molar refractivity (Wildman–Crippen MR) is 260 cm³/mol. The van der Waals surface area contributed by atoms with Gasteiger partial charge in [-0.1, -0.05) is 121 Å². The number of aromatic nitrogens is 4. The number of para-hydroxylation sites is 1. The normalized spacial score (nSPS) is 13.1. The van der Waals surface area contributed by atoms with Gasteiger partial charge in [-0.2, -0.15) is 0 Å². The average Bonchev–Trinajstić information content (AvgIpc) is 4.00. The van der Waals surface area contributed by atoms with E-state index in [0.717, 1.165) is 55.3 Å². The standard InChI is InChI=1S/C56H40N4OS/c1-33-19-21-34(22-20-33)53-57-54(59-55(58-53)40-14-10-12-36(30-40)38-23-25-42-41-15-5-7-17-45(41)60(46(42)32-38)56(2,3)4)39-13-9-11-35(29-39)37-24-26-47-44(31-37)51-48(61-47)27-28-50-52(51)43-16-6-8-18-49(43)62-50/h5-32H,1-4H3/i1D3. The molecule has 0 fully saturated rings. The van der Waals surface area contributed by atoms with E-state index in [1.165, 1.54) is 42.0 Å². The van der Waals surface area contributed by atoms with E-state index in [1.807, 2.05) is 24.3 Å². The molecule has 62 heavy (non-hydrogen) atoms. The van der Waals surface area contributed by atoms with Crippen molar-refractivity contribution < 1.29 is 8.53 Å². The van der Waals surface area contributed by atoms with Crippen molar-refractivity contribution in [2.24, 2.45) is 0 Å². The molecule has 4 heterocycles. The van der Waals surface area contributed by atoms with E-state index in [1.54, 1.807) is 35.6 Å². The number of rotatable bonds is 5. The molecule has 0 amide bonds. The van der Waals surface area contributed by atoms with Gasteiger partial charge in [0.1, 0.15) is 11.2 Å². The Bertz CT molecular complexity index is 3870. The second-order valence-electron chi connectivity index (χ2n) is 17.0. The molecule has 0 spiro atoms. The molecule has 4 aromatic heterocycles. The van der Waals surface area contributed by atoms with Crippen LogP contribution < -0.4 is 0 Å². The molecule has 0 atom stereocenters. The molecule has 296 valence electrons. The fourth-order valence-electron chi connectivity index (χ4n) is 9.19. The molecule has 5 nitrogen and oxygen atoms in total. The maximum absolute atomic E-state index is 7.96. The van der Waals surface area contributed by atoms with Gasteiger partial charge in [-0.25, -0.2) is 15.0 Å². The summed E-state index contributed by atoms with van der Waals surface area (Å²) in [6.45, 7) is 4.52. The number of nitrogens with zero attached hydrogens (tertiary/aromatic N) is 4. The van der Waals surface area contributed by atoms with Crippen LogP contribution in [0.15, 0.2) is 174 Å². The van der Waals surface area contributed by atoms with E-state index < -0.39 is 6.85 Å². The van der Waals surface area contributed by atoms with Crippen LogP contribution >= 0.6 is 11.3 Å². The van der Waals surface area contributed by atoms with Gasteiger partial charge in [-0.3, -0.25) is 0 Å². The molecule has 8 aromatic carbocycles. The van der Waals surface area contributed by atoms with Crippen LogP contribution in [-0.4, -0.2) is 19.5 Å². The number of hydrogen-bond donors (Lipinski definition) is 0. The Morgan fingerprint density at radius 3 is 1.76 bits per heavy atom. The summed E-state index contributed by atoms with van der Waals surface area (Å²) < 4.78 is 35.2. The van der Waals surface area contributed by atoms with Crippen LogP contribution in [0.25, 0.3) is 120 Å². The summed E-state index contributed by atoms with van der Waals surface area (Å²) in [5.74, 6) is 1.47. The van der Waals surface area contributed by atoms with Crippen molar-refractivity contribution in [3.8, 4) is 56.4 Å². The first kappa shape index (κ1) is 33.3. The molecule has 0 radical (unpaired) electrons. The zero-order valence-corrected chi connectivity index (χ0v) is 35.1. The molecule has 0 aliphatic carbocycles. The summed E-state index contributed by atoms with van der Waals surface area (Å²) in [7, 11) is 0. The number of hydrogen-bond acceptors (Lipinski definition) is 5. The first-order valence-electron chi connectivity index (χ1n) is 22.3. The molecule has 12 aromatic rings. The number of aryl methyl sites for hydroxylation is 1. The van der Waals surface area contributed by atoms with Crippen LogP contribution in [0, 0.1) is 6.85 Å².